The molecule has 3 heterocycles. The molecule has 0 aliphatic carbocycles. The normalized spacial score (nSPS) is 17.8. The number of hydrogen-bond acceptors (Lipinski definition) is 7. The van der Waals surface area contributed by atoms with E-state index in [4.69, 9.17) is 16.7 Å². The monoisotopic (exact) mass is 470 g/mol. The number of phenols is 1. The summed E-state index contributed by atoms with van der Waals surface area (Å²) in [4.78, 5) is 13.4. The molecule has 2 unspecified atom stereocenters. The van der Waals surface area contributed by atoms with Crippen LogP contribution in [0.1, 0.15) is 17.0 Å². The number of para-hydroxylation sites is 2. The molecule has 2 aromatic heterocycles. The van der Waals surface area contributed by atoms with E-state index >= 15 is 0 Å². The number of pyridine rings is 1. The van der Waals surface area contributed by atoms with Gasteiger partial charge in [0.1, 0.15) is 23.0 Å². The summed E-state index contributed by atoms with van der Waals surface area (Å²) in [6.45, 7) is 0. The van der Waals surface area contributed by atoms with Gasteiger partial charge >= 0.3 is 0 Å². The lowest BCUT2D eigenvalue weighted by Crippen LogP contribution is -2.37. The van der Waals surface area contributed by atoms with Gasteiger partial charge in [-0.2, -0.15) is 5.26 Å². The van der Waals surface area contributed by atoms with Crippen molar-refractivity contribution in [3.63, 3.8) is 0 Å². The number of phenolic OH excluding ortho intramolecular Hbond substituents is 1. The molecule has 1 aliphatic rings. The van der Waals surface area contributed by atoms with Gasteiger partial charge in [-0.3, -0.25) is 4.79 Å². The van der Waals surface area contributed by atoms with Crippen molar-refractivity contribution in [2.75, 3.05) is 0 Å². The summed E-state index contributed by atoms with van der Waals surface area (Å²) in [7, 11) is 1.63. The van der Waals surface area contributed by atoms with Gasteiger partial charge in [0, 0.05) is 23.9 Å². The average Bonchev–Trinajstić information content (AvgIpc) is 3.32. The van der Waals surface area contributed by atoms with Crippen molar-refractivity contribution in [2.24, 2.45) is 13.0 Å². The minimum Gasteiger partial charge on any atom is -0.507 e. The standard InChI is InChI=1S/C25H18N4O4S/c1-29-19-8-4-2-6-13(19)22(31)21(25(29)32)18-10-15(16(11-26)24(34)28-18)17-12-27-33-23(17)14-7-3-5-9-20(14)30/h2-10,12,15-16,30-31H,1H3,(H,28,34). The van der Waals surface area contributed by atoms with Crippen LogP contribution in [0.25, 0.3) is 27.9 Å². The number of thiocarbonyl (C=S) groups is 1. The average molecular weight is 471 g/mol. The van der Waals surface area contributed by atoms with Crippen molar-refractivity contribution < 1.29 is 14.7 Å². The summed E-state index contributed by atoms with van der Waals surface area (Å²) in [5, 5.41) is 38.6. The highest BCUT2D eigenvalue weighted by Crippen LogP contribution is 2.41. The molecular formula is C25H18N4O4S. The number of aryl methyl sites for hydroxylation is 1. The maximum atomic E-state index is 13.2. The van der Waals surface area contributed by atoms with Gasteiger partial charge in [0.2, 0.25) is 0 Å². The Hall–Kier alpha value is -4.42. The zero-order valence-corrected chi connectivity index (χ0v) is 18.7. The fourth-order valence-electron chi connectivity index (χ4n) is 4.32. The number of allylic oxidation sites excluding steroid dienone is 1. The maximum Gasteiger partial charge on any atom is 0.263 e. The van der Waals surface area contributed by atoms with E-state index in [1.807, 2.05) is 0 Å². The predicted molar refractivity (Wildman–Crippen MR) is 130 cm³/mol. The van der Waals surface area contributed by atoms with Crippen molar-refractivity contribution in [3.05, 3.63) is 82.3 Å². The number of aromatic nitrogens is 2. The molecule has 2 atom stereocenters. The van der Waals surface area contributed by atoms with Crippen LogP contribution in [-0.2, 0) is 7.05 Å². The van der Waals surface area contributed by atoms with Crippen molar-refractivity contribution in [2.45, 2.75) is 5.92 Å². The molecule has 34 heavy (non-hydrogen) atoms. The van der Waals surface area contributed by atoms with E-state index < -0.39 is 17.4 Å². The molecule has 3 N–H and O–H groups in total. The van der Waals surface area contributed by atoms with E-state index in [2.05, 4.69) is 16.5 Å². The van der Waals surface area contributed by atoms with E-state index in [0.717, 1.165) is 0 Å². The largest absolute Gasteiger partial charge is 0.507 e. The lowest BCUT2D eigenvalue weighted by Gasteiger charge is -2.28. The molecule has 4 aromatic rings. The highest BCUT2D eigenvalue weighted by Gasteiger charge is 2.36. The summed E-state index contributed by atoms with van der Waals surface area (Å²) in [6.07, 6.45) is 3.14. The van der Waals surface area contributed by atoms with E-state index in [0.29, 0.717) is 27.8 Å². The molecule has 0 fully saturated rings. The fraction of sp³-hybridized carbons (Fsp3) is 0.120. The van der Waals surface area contributed by atoms with E-state index in [1.54, 1.807) is 55.6 Å². The third-order valence-corrected chi connectivity index (χ3v) is 6.39. The van der Waals surface area contributed by atoms with Crippen LogP contribution in [0.2, 0.25) is 0 Å². The van der Waals surface area contributed by atoms with Crippen molar-refractivity contribution in [1.29, 1.82) is 5.26 Å². The minimum absolute atomic E-state index is 0.00392. The lowest BCUT2D eigenvalue weighted by atomic mass is 9.82. The first-order valence-corrected chi connectivity index (χ1v) is 10.8. The van der Waals surface area contributed by atoms with Crippen LogP contribution in [0.5, 0.6) is 11.5 Å². The Balaban J connectivity index is 1.73. The van der Waals surface area contributed by atoms with Crippen LogP contribution >= 0.6 is 12.2 Å². The van der Waals surface area contributed by atoms with Crippen molar-refractivity contribution in [3.8, 4) is 28.9 Å². The summed E-state index contributed by atoms with van der Waals surface area (Å²) < 4.78 is 6.90. The zero-order valence-electron chi connectivity index (χ0n) is 17.9. The van der Waals surface area contributed by atoms with Gasteiger partial charge in [-0.25, -0.2) is 0 Å². The Kier molecular flexibility index (Phi) is 5.15. The van der Waals surface area contributed by atoms with Gasteiger partial charge in [-0.15, -0.1) is 0 Å². The molecule has 0 bridgehead atoms. The third kappa shape index (κ3) is 3.24. The second-order valence-corrected chi connectivity index (χ2v) is 8.37. The number of nitriles is 1. The highest BCUT2D eigenvalue weighted by atomic mass is 32.1. The Morgan fingerprint density at radius 2 is 1.91 bits per heavy atom. The lowest BCUT2D eigenvalue weighted by molar-refractivity contribution is 0.425. The smallest absolute Gasteiger partial charge is 0.263 e. The van der Waals surface area contributed by atoms with Crippen LogP contribution in [-0.4, -0.2) is 24.9 Å². The number of benzene rings is 2. The molecule has 0 spiro atoms. The van der Waals surface area contributed by atoms with Gasteiger partial charge in [0.15, 0.2) is 5.76 Å². The van der Waals surface area contributed by atoms with Gasteiger partial charge < -0.3 is 24.6 Å². The predicted octanol–water partition coefficient (Wildman–Crippen LogP) is 3.80. The van der Waals surface area contributed by atoms with Crippen molar-refractivity contribution in [1.82, 2.24) is 15.0 Å². The molecule has 2 aromatic carbocycles. The minimum atomic E-state index is -0.783. The number of hydrogen-bond donors (Lipinski definition) is 3. The molecule has 5 rings (SSSR count). The van der Waals surface area contributed by atoms with Gasteiger partial charge in [0.05, 0.1) is 34.0 Å². The Labute approximate surface area is 199 Å². The van der Waals surface area contributed by atoms with Crippen LogP contribution < -0.4 is 10.9 Å². The first-order valence-electron chi connectivity index (χ1n) is 10.4. The first kappa shape index (κ1) is 21.4. The van der Waals surface area contributed by atoms with Crippen LogP contribution in [0.4, 0.5) is 0 Å². The summed E-state index contributed by atoms with van der Waals surface area (Å²) in [5.41, 5.74) is 1.43. The number of rotatable bonds is 3. The molecule has 0 amide bonds. The Bertz CT molecular complexity index is 1590. The highest BCUT2D eigenvalue weighted by molar-refractivity contribution is 7.80. The zero-order chi connectivity index (χ0) is 24.0. The molecular weight excluding hydrogens is 452 g/mol. The SMILES string of the molecule is Cn1c(=O)c(C2=CC(c3cnoc3-c3ccccc3O)C(C#N)C(=S)N2)c(O)c2ccccc21. The second-order valence-electron chi connectivity index (χ2n) is 7.93. The summed E-state index contributed by atoms with van der Waals surface area (Å²) in [5.74, 6) is -1.32. The van der Waals surface area contributed by atoms with Gasteiger partial charge in [0.25, 0.3) is 5.56 Å². The van der Waals surface area contributed by atoms with Crippen LogP contribution in [0.3, 0.4) is 0 Å². The summed E-state index contributed by atoms with van der Waals surface area (Å²) in [6, 6.07) is 15.9. The molecule has 1 aliphatic heterocycles. The Morgan fingerprint density at radius 3 is 2.68 bits per heavy atom. The Morgan fingerprint density at radius 1 is 1.18 bits per heavy atom. The quantitative estimate of drug-likeness (QED) is 0.386. The fourth-order valence-corrected chi connectivity index (χ4v) is 4.63. The summed E-state index contributed by atoms with van der Waals surface area (Å²) >= 11 is 5.49. The molecule has 0 saturated heterocycles. The number of aromatic hydroxyl groups is 2. The maximum absolute atomic E-state index is 13.2. The first-order chi connectivity index (χ1) is 16.4. The molecule has 9 heteroatoms. The number of nitrogens with one attached hydrogen (secondary N) is 1. The molecule has 0 saturated carbocycles. The number of fused-ring (bicyclic) bond motifs is 1. The van der Waals surface area contributed by atoms with Crippen LogP contribution in [0.15, 0.2) is 70.1 Å². The number of nitrogens with zero attached hydrogens (tertiary/aromatic N) is 3. The topological polar surface area (TPSA) is 124 Å². The van der Waals surface area contributed by atoms with Crippen molar-refractivity contribution >= 4 is 33.8 Å². The van der Waals surface area contributed by atoms with Crippen LogP contribution in [0, 0.1) is 17.2 Å². The van der Waals surface area contributed by atoms with E-state index in [1.165, 1.54) is 16.8 Å². The van der Waals surface area contributed by atoms with Gasteiger partial charge in [-0.1, -0.05) is 47.7 Å². The third-order valence-electron chi connectivity index (χ3n) is 6.04. The second kappa shape index (κ2) is 8.17. The van der Waals surface area contributed by atoms with E-state index in [9.17, 15) is 20.3 Å². The molecule has 168 valence electrons. The van der Waals surface area contributed by atoms with E-state index in [-0.39, 0.29) is 27.7 Å². The van der Waals surface area contributed by atoms with Gasteiger partial charge in [-0.05, 0) is 24.3 Å². The molecule has 0 radical (unpaired) electrons. The molecule has 8 nitrogen and oxygen atoms in total.